The Bertz CT molecular complexity index is 1260. The Kier molecular flexibility index (Phi) is 6.86. The summed E-state index contributed by atoms with van der Waals surface area (Å²) in [5.41, 5.74) is 0.688. The molecule has 170 valence electrons. The SMILES string of the molecule is CCOC(=O)Cn1c2nc(NC3CC(OC)C3)c(Cl)cc2c(=O)c2ccc(Cl)c(SC)c21. The Balaban J connectivity index is 1.95. The second-order valence-corrected chi connectivity index (χ2v) is 9.19. The molecule has 2 aromatic heterocycles. The molecular formula is C22H23Cl2N3O4S. The Morgan fingerprint density at radius 2 is 2.03 bits per heavy atom. The molecule has 1 aliphatic carbocycles. The smallest absolute Gasteiger partial charge is 0.326 e. The number of fused-ring (bicyclic) bond motifs is 2. The molecule has 0 aliphatic heterocycles. The number of halogens is 2. The molecule has 32 heavy (non-hydrogen) atoms. The Hall–Kier alpha value is -2.00. The molecule has 1 saturated carbocycles. The van der Waals surface area contributed by atoms with Gasteiger partial charge in [-0.05, 0) is 44.2 Å². The number of aromatic nitrogens is 2. The van der Waals surface area contributed by atoms with Crippen LogP contribution in [0.15, 0.2) is 27.9 Å². The van der Waals surface area contributed by atoms with E-state index in [9.17, 15) is 9.59 Å². The van der Waals surface area contributed by atoms with Crippen LogP contribution in [0.2, 0.25) is 10.0 Å². The van der Waals surface area contributed by atoms with Gasteiger partial charge in [-0.3, -0.25) is 9.59 Å². The van der Waals surface area contributed by atoms with E-state index in [0.717, 1.165) is 12.8 Å². The van der Waals surface area contributed by atoms with Crippen LogP contribution in [0.4, 0.5) is 5.82 Å². The fourth-order valence-corrected chi connectivity index (χ4v) is 5.22. The van der Waals surface area contributed by atoms with Crippen LogP contribution >= 0.6 is 35.0 Å². The Morgan fingerprint density at radius 1 is 1.28 bits per heavy atom. The highest BCUT2D eigenvalue weighted by molar-refractivity contribution is 7.99. The van der Waals surface area contributed by atoms with Crippen LogP contribution in [0.3, 0.4) is 0 Å². The van der Waals surface area contributed by atoms with Crippen molar-refractivity contribution >= 4 is 68.7 Å². The molecule has 0 spiro atoms. The van der Waals surface area contributed by atoms with Crippen molar-refractivity contribution in [3.63, 3.8) is 0 Å². The lowest BCUT2D eigenvalue weighted by atomic mass is 9.89. The second kappa shape index (κ2) is 9.47. The predicted molar refractivity (Wildman–Crippen MR) is 129 cm³/mol. The number of thioether (sulfide) groups is 1. The molecule has 2 heterocycles. The summed E-state index contributed by atoms with van der Waals surface area (Å²) in [6.45, 7) is 1.88. The first-order chi connectivity index (χ1) is 15.4. The predicted octanol–water partition coefficient (Wildman–Crippen LogP) is 4.73. The molecule has 10 heteroatoms. The lowest BCUT2D eigenvalue weighted by Gasteiger charge is -2.35. The summed E-state index contributed by atoms with van der Waals surface area (Å²) >= 11 is 14.3. The highest BCUT2D eigenvalue weighted by atomic mass is 35.5. The zero-order chi connectivity index (χ0) is 23.0. The number of pyridine rings is 2. The van der Waals surface area contributed by atoms with Gasteiger partial charge >= 0.3 is 5.97 Å². The topological polar surface area (TPSA) is 82.5 Å². The largest absolute Gasteiger partial charge is 0.465 e. The van der Waals surface area contributed by atoms with E-state index in [1.807, 2.05) is 6.26 Å². The third-order valence-electron chi connectivity index (χ3n) is 5.62. The van der Waals surface area contributed by atoms with Gasteiger partial charge in [0.2, 0.25) is 0 Å². The van der Waals surface area contributed by atoms with E-state index in [4.69, 9.17) is 37.7 Å². The van der Waals surface area contributed by atoms with Gasteiger partial charge in [0.15, 0.2) is 5.43 Å². The average molecular weight is 496 g/mol. The summed E-state index contributed by atoms with van der Waals surface area (Å²) in [5.74, 6) is 0.0294. The fourth-order valence-electron chi connectivity index (χ4n) is 3.96. The van der Waals surface area contributed by atoms with Crippen molar-refractivity contribution in [2.45, 2.75) is 43.4 Å². The van der Waals surface area contributed by atoms with Crippen molar-refractivity contribution < 1.29 is 14.3 Å². The second-order valence-electron chi connectivity index (χ2n) is 7.56. The van der Waals surface area contributed by atoms with E-state index in [1.165, 1.54) is 11.8 Å². The number of nitrogens with zero attached hydrogens (tertiary/aromatic N) is 2. The summed E-state index contributed by atoms with van der Waals surface area (Å²) in [6, 6.07) is 5.13. The van der Waals surface area contributed by atoms with E-state index in [-0.39, 0.29) is 30.7 Å². The van der Waals surface area contributed by atoms with Gasteiger partial charge in [-0.25, -0.2) is 4.98 Å². The first-order valence-electron chi connectivity index (χ1n) is 10.2. The number of esters is 1. The van der Waals surface area contributed by atoms with Gasteiger partial charge in [0.25, 0.3) is 0 Å². The molecule has 4 rings (SSSR count). The number of hydrogen-bond donors (Lipinski definition) is 1. The van der Waals surface area contributed by atoms with E-state index in [0.29, 0.717) is 42.7 Å². The lowest BCUT2D eigenvalue weighted by Crippen LogP contribution is -2.40. The van der Waals surface area contributed by atoms with E-state index in [2.05, 4.69) is 5.32 Å². The van der Waals surface area contributed by atoms with Crippen molar-refractivity contribution in [1.29, 1.82) is 0 Å². The molecule has 0 unspecified atom stereocenters. The van der Waals surface area contributed by atoms with Crippen LogP contribution in [0, 0.1) is 0 Å². The standard InChI is InChI=1S/C22H23Cl2N3O4S/c1-4-31-17(28)10-27-18-13(5-6-15(23)20(18)32-3)19(29)14-9-16(24)21(26-22(14)27)25-11-7-12(8-11)30-2/h5-6,9,11-12H,4,7-8,10H2,1-3H3,(H,25,26). The van der Waals surface area contributed by atoms with Crippen LogP contribution in [0.1, 0.15) is 19.8 Å². The number of methoxy groups -OCH3 is 1. The van der Waals surface area contributed by atoms with Crippen LogP contribution in [-0.4, -0.2) is 47.6 Å². The number of nitrogens with one attached hydrogen (secondary N) is 1. The molecule has 1 fully saturated rings. The number of rotatable bonds is 7. The quantitative estimate of drug-likeness (QED) is 0.288. The number of benzene rings is 1. The van der Waals surface area contributed by atoms with Crippen molar-refractivity contribution in [2.24, 2.45) is 0 Å². The highest BCUT2D eigenvalue weighted by Crippen LogP contribution is 2.35. The van der Waals surface area contributed by atoms with Crippen LogP contribution in [-0.2, 0) is 20.8 Å². The van der Waals surface area contributed by atoms with Gasteiger partial charge in [-0.1, -0.05) is 23.2 Å². The fraction of sp³-hybridized carbons (Fsp3) is 0.409. The maximum absolute atomic E-state index is 13.3. The van der Waals surface area contributed by atoms with Gasteiger partial charge in [0.1, 0.15) is 18.0 Å². The normalized spacial score (nSPS) is 18.0. The molecule has 0 atom stereocenters. The molecule has 1 N–H and O–H groups in total. The minimum absolute atomic E-state index is 0.113. The van der Waals surface area contributed by atoms with E-state index < -0.39 is 5.97 Å². The van der Waals surface area contributed by atoms with Gasteiger partial charge in [0, 0.05) is 18.5 Å². The highest BCUT2D eigenvalue weighted by Gasteiger charge is 2.30. The molecule has 0 amide bonds. The molecule has 1 aliphatic rings. The maximum Gasteiger partial charge on any atom is 0.326 e. The number of ether oxygens (including phenoxy) is 2. The average Bonchev–Trinajstić information content (AvgIpc) is 2.74. The Morgan fingerprint density at radius 3 is 2.69 bits per heavy atom. The minimum atomic E-state index is -0.432. The monoisotopic (exact) mass is 495 g/mol. The lowest BCUT2D eigenvalue weighted by molar-refractivity contribution is -0.143. The van der Waals surface area contributed by atoms with Gasteiger partial charge in [-0.2, -0.15) is 0 Å². The summed E-state index contributed by atoms with van der Waals surface area (Å²) in [5, 5.41) is 4.94. The number of hydrogen-bond acceptors (Lipinski definition) is 7. The summed E-state index contributed by atoms with van der Waals surface area (Å²) < 4.78 is 12.2. The zero-order valence-electron chi connectivity index (χ0n) is 17.9. The summed E-state index contributed by atoms with van der Waals surface area (Å²) in [4.78, 5) is 31.2. The van der Waals surface area contributed by atoms with Crippen LogP contribution in [0.25, 0.3) is 21.9 Å². The van der Waals surface area contributed by atoms with E-state index >= 15 is 0 Å². The van der Waals surface area contributed by atoms with Crippen molar-refractivity contribution in [2.75, 3.05) is 25.3 Å². The number of carbonyl (C=O) groups excluding carboxylic acids is 1. The van der Waals surface area contributed by atoms with Crippen LogP contribution < -0.4 is 10.7 Å². The third kappa shape index (κ3) is 4.17. The third-order valence-corrected chi connectivity index (χ3v) is 7.16. The molecule has 0 bridgehead atoms. The van der Waals surface area contributed by atoms with E-state index in [1.54, 1.807) is 36.8 Å². The van der Waals surface area contributed by atoms with Gasteiger partial charge in [0.05, 0.1) is 38.6 Å². The minimum Gasteiger partial charge on any atom is -0.465 e. The molecule has 1 aromatic carbocycles. The van der Waals surface area contributed by atoms with Crippen molar-refractivity contribution in [3.8, 4) is 0 Å². The summed E-state index contributed by atoms with van der Waals surface area (Å²) in [7, 11) is 1.69. The van der Waals surface area contributed by atoms with Gasteiger partial charge in [-0.15, -0.1) is 11.8 Å². The van der Waals surface area contributed by atoms with Crippen molar-refractivity contribution in [1.82, 2.24) is 9.55 Å². The maximum atomic E-state index is 13.3. The van der Waals surface area contributed by atoms with Crippen LogP contribution in [0.5, 0.6) is 0 Å². The molecule has 3 aromatic rings. The number of carbonyl (C=O) groups is 1. The molecule has 7 nitrogen and oxygen atoms in total. The molecule has 0 radical (unpaired) electrons. The molecule has 0 saturated heterocycles. The Labute approximate surface area is 199 Å². The first kappa shape index (κ1) is 23.2. The van der Waals surface area contributed by atoms with Crippen molar-refractivity contribution in [3.05, 3.63) is 38.5 Å². The number of anilines is 1. The zero-order valence-corrected chi connectivity index (χ0v) is 20.2. The molecular weight excluding hydrogens is 473 g/mol. The van der Waals surface area contributed by atoms with Gasteiger partial charge < -0.3 is 19.4 Å². The first-order valence-corrected chi connectivity index (χ1v) is 12.2. The summed E-state index contributed by atoms with van der Waals surface area (Å²) in [6.07, 6.45) is 3.76.